The molecule has 0 aliphatic heterocycles. The fraction of sp³-hybridized carbons (Fsp3) is 0.0909. The Morgan fingerprint density at radius 3 is 2.55 bits per heavy atom. The molecule has 1 aromatic heterocycles. The van der Waals surface area contributed by atoms with E-state index in [4.69, 9.17) is 27.9 Å². The van der Waals surface area contributed by atoms with Gasteiger partial charge in [0.25, 0.3) is 0 Å². The molecule has 5 nitrogen and oxygen atoms in total. The van der Waals surface area contributed by atoms with E-state index in [2.05, 4.69) is 10.3 Å². The Labute approximate surface area is 177 Å². The molecule has 7 heteroatoms. The number of carbonyl (C=O) groups is 1. The third kappa shape index (κ3) is 4.70. The fourth-order valence-corrected chi connectivity index (χ4v) is 3.32. The number of ether oxygens (including phenoxy) is 1. The standard InChI is InChI=1S/C22H17Cl2N3O2/c23-15-8-10-18(11-9-15)29-14-21-26-19-6-1-2-7-20(19)27(21)13-22(28)25-17-5-3-4-16(24)12-17/h1-12H,13-14H2,(H,25,28). The van der Waals surface area contributed by atoms with Crippen LogP contribution in [-0.4, -0.2) is 15.5 Å². The van der Waals surface area contributed by atoms with Gasteiger partial charge in [0, 0.05) is 15.7 Å². The number of hydrogen-bond donors (Lipinski definition) is 1. The maximum Gasteiger partial charge on any atom is 0.244 e. The van der Waals surface area contributed by atoms with Crippen molar-refractivity contribution < 1.29 is 9.53 Å². The summed E-state index contributed by atoms with van der Waals surface area (Å²) in [6, 6.07) is 21.8. The summed E-state index contributed by atoms with van der Waals surface area (Å²) in [6.07, 6.45) is 0. The van der Waals surface area contributed by atoms with Crippen LogP contribution in [0.3, 0.4) is 0 Å². The number of halogens is 2. The van der Waals surface area contributed by atoms with Gasteiger partial charge in [-0.25, -0.2) is 4.98 Å². The van der Waals surface area contributed by atoms with Crippen molar-refractivity contribution in [1.82, 2.24) is 9.55 Å². The lowest BCUT2D eigenvalue weighted by Gasteiger charge is -2.11. The van der Waals surface area contributed by atoms with Gasteiger partial charge in [-0.3, -0.25) is 4.79 Å². The first-order valence-corrected chi connectivity index (χ1v) is 9.72. The number of anilines is 1. The predicted molar refractivity (Wildman–Crippen MR) is 116 cm³/mol. The number of para-hydroxylation sites is 2. The zero-order valence-electron chi connectivity index (χ0n) is 15.3. The van der Waals surface area contributed by atoms with Crippen molar-refractivity contribution in [2.75, 3.05) is 5.32 Å². The van der Waals surface area contributed by atoms with Crippen LogP contribution in [0, 0.1) is 0 Å². The van der Waals surface area contributed by atoms with Crippen LogP contribution in [0.25, 0.3) is 11.0 Å². The first-order chi connectivity index (χ1) is 14.1. The number of benzene rings is 3. The third-order valence-electron chi connectivity index (χ3n) is 4.33. The maximum absolute atomic E-state index is 12.6. The summed E-state index contributed by atoms with van der Waals surface area (Å²) in [4.78, 5) is 17.3. The summed E-state index contributed by atoms with van der Waals surface area (Å²) in [5.74, 6) is 1.15. The molecular formula is C22H17Cl2N3O2. The van der Waals surface area contributed by atoms with E-state index in [1.807, 2.05) is 28.8 Å². The highest BCUT2D eigenvalue weighted by Gasteiger charge is 2.14. The second-order valence-corrected chi connectivity index (χ2v) is 7.28. The molecule has 0 saturated carbocycles. The molecule has 4 aromatic rings. The number of hydrogen-bond acceptors (Lipinski definition) is 3. The van der Waals surface area contributed by atoms with E-state index in [0.717, 1.165) is 11.0 Å². The Morgan fingerprint density at radius 2 is 1.76 bits per heavy atom. The second kappa shape index (κ2) is 8.55. The average Bonchev–Trinajstić information content (AvgIpc) is 3.05. The minimum Gasteiger partial charge on any atom is -0.486 e. The summed E-state index contributed by atoms with van der Waals surface area (Å²) >= 11 is 11.9. The summed E-state index contributed by atoms with van der Waals surface area (Å²) in [6.45, 7) is 0.326. The van der Waals surface area contributed by atoms with Gasteiger partial charge in [0.2, 0.25) is 5.91 Å². The predicted octanol–water partition coefficient (Wildman–Crippen LogP) is 5.56. The Kier molecular flexibility index (Phi) is 5.69. The number of rotatable bonds is 6. The molecule has 0 saturated heterocycles. The lowest BCUT2D eigenvalue weighted by atomic mass is 10.3. The normalized spacial score (nSPS) is 10.8. The number of nitrogens with zero attached hydrogens (tertiary/aromatic N) is 2. The van der Waals surface area contributed by atoms with Crippen molar-refractivity contribution in [2.24, 2.45) is 0 Å². The molecule has 0 unspecified atom stereocenters. The molecule has 3 aromatic carbocycles. The van der Waals surface area contributed by atoms with Crippen molar-refractivity contribution in [3.63, 3.8) is 0 Å². The smallest absolute Gasteiger partial charge is 0.244 e. The van der Waals surface area contributed by atoms with Gasteiger partial charge in [0.05, 0.1) is 11.0 Å². The first kappa shape index (κ1) is 19.3. The van der Waals surface area contributed by atoms with Crippen LogP contribution in [-0.2, 0) is 17.9 Å². The summed E-state index contributed by atoms with van der Waals surface area (Å²) in [7, 11) is 0. The second-order valence-electron chi connectivity index (χ2n) is 6.40. The highest BCUT2D eigenvalue weighted by atomic mass is 35.5. The number of fused-ring (bicyclic) bond motifs is 1. The van der Waals surface area contributed by atoms with E-state index in [-0.39, 0.29) is 19.1 Å². The number of imidazole rings is 1. The van der Waals surface area contributed by atoms with E-state index in [1.165, 1.54) is 0 Å². The van der Waals surface area contributed by atoms with Crippen LogP contribution in [0.5, 0.6) is 5.75 Å². The van der Waals surface area contributed by atoms with Gasteiger partial charge in [-0.15, -0.1) is 0 Å². The molecule has 1 heterocycles. The van der Waals surface area contributed by atoms with Gasteiger partial charge in [0.15, 0.2) is 0 Å². The zero-order valence-corrected chi connectivity index (χ0v) is 16.8. The van der Waals surface area contributed by atoms with E-state index in [9.17, 15) is 4.79 Å². The van der Waals surface area contributed by atoms with Crippen LogP contribution < -0.4 is 10.1 Å². The summed E-state index contributed by atoms with van der Waals surface area (Å²) < 4.78 is 7.69. The Hall–Kier alpha value is -3.02. The lowest BCUT2D eigenvalue weighted by Crippen LogP contribution is -2.20. The Balaban J connectivity index is 1.56. The lowest BCUT2D eigenvalue weighted by molar-refractivity contribution is -0.116. The van der Waals surface area contributed by atoms with Crippen molar-refractivity contribution in [2.45, 2.75) is 13.2 Å². The van der Waals surface area contributed by atoms with E-state index < -0.39 is 0 Å². The third-order valence-corrected chi connectivity index (χ3v) is 4.81. The molecule has 0 atom stereocenters. The van der Waals surface area contributed by atoms with Gasteiger partial charge in [-0.05, 0) is 54.6 Å². The topological polar surface area (TPSA) is 56.2 Å². The maximum atomic E-state index is 12.6. The molecule has 146 valence electrons. The monoisotopic (exact) mass is 425 g/mol. The molecule has 4 rings (SSSR count). The average molecular weight is 426 g/mol. The van der Waals surface area contributed by atoms with Gasteiger partial charge in [-0.2, -0.15) is 0 Å². The SMILES string of the molecule is O=C(Cn1c(COc2ccc(Cl)cc2)nc2ccccc21)Nc1cccc(Cl)c1. The van der Waals surface area contributed by atoms with Gasteiger partial charge >= 0.3 is 0 Å². The summed E-state index contributed by atoms with van der Waals surface area (Å²) in [5.41, 5.74) is 2.31. The zero-order chi connectivity index (χ0) is 20.2. The van der Waals surface area contributed by atoms with Crippen LogP contribution in [0.1, 0.15) is 5.82 Å². The Morgan fingerprint density at radius 1 is 0.966 bits per heavy atom. The molecule has 29 heavy (non-hydrogen) atoms. The molecule has 0 aliphatic rings. The largest absolute Gasteiger partial charge is 0.486 e. The molecule has 0 radical (unpaired) electrons. The van der Waals surface area contributed by atoms with E-state index >= 15 is 0 Å². The molecule has 0 fully saturated rings. The molecule has 0 spiro atoms. The van der Waals surface area contributed by atoms with Crippen molar-refractivity contribution in [1.29, 1.82) is 0 Å². The molecule has 1 N–H and O–H groups in total. The highest BCUT2D eigenvalue weighted by Crippen LogP contribution is 2.21. The number of carbonyl (C=O) groups excluding carboxylic acids is 1. The summed E-state index contributed by atoms with van der Waals surface area (Å²) in [5, 5.41) is 4.07. The van der Waals surface area contributed by atoms with Crippen molar-refractivity contribution in [3.05, 3.63) is 88.7 Å². The molecule has 0 aliphatic carbocycles. The molecular weight excluding hydrogens is 409 g/mol. The fourth-order valence-electron chi connectivity index (χ4n) is 3.00. The molecule has 1 amide bonds. The van der Waals surface area contributed by atoms with Crippen molar-refractivity contribution in [3.8, 4) is 5.75 Å². The minimum atomic E-state index is -0.178. The van der Waals surface area contributed by atoms with Crippen LogP contribution in [0.4, 0.5) is 5.69 Å². The molecule has 0 bridgehead atoms. The number of aromatic nitrogens is 2. The van der Waals surface area contributed by atoms with E-state index in [1.54, 1.807) is 48.5 Å². The minimum absolute atomic E-state index is 0.104. The van der Waals surface area contributed by atoms with Gasteiger partial charge < -0.3 is 14.6 Å². The van der Waals surface area contributed by atoms with Crippen LogP contribution in [0.2, 0.25) is 10.0 Å². The van der Waals surface area contributed by atoms with Crippen LogP contribution in [0.15, 0.2) is 72.8 Å². The number of nitrogens with one attached hydrogen (secondary N) is 1. The Bertz CT molecular complexity index is 1160. The van der Waals surface area contributed by atoms with Gasteiger partial charge in [0.1, 0.15) is 24.7 Å². The first-order valence-electron chi connectivity index (χ1n) is 8.96. The van der Waals surface area contributed by atoms with E-state index in [0.29, 0.717) is 27.3 Å². The van der Waals surface area contributed by atoms with Crippen LogP contribution >= 0.6 is 23.2 Å². The highest BCUT2D eigenvalue weighted by molar-refractivity contribution is 6.31. The quantitative estimate of drug-likeness (QED) is 0.439. The van der Waals surface area contributed by atoms with Gasteiger partial charge in [-0.1, -0.05) is 41.4 Å². The van der Waals surface area contributed by atoms with Crippen molar-refractivity contribution >= 4 is 45.8 Å². The number of amides is 1.